The molecule has 0 aromatic heterocycles. The molecule has 0 fully saturated rings. The number of rotatable bonds is 6. The van der Waals surface area contributed by atoms with Crippen molar-refractivity contribution in [3.8, 4) is 11.5 Å². The molecule has 3 aromatic carbocycles. The Morgan fingerprint density at radius 3 is 2.09 bits per heavy atom. The number of halogens is 1. The number of hydrogen-bond acceptors (Lipinski definition) is 5. The highest BCUT2D eigenvalue weighted by Crippen LogP contribution is 2.36. The standard InChI is InChI=1S/C25H21ClN2O4/c1-15-4-6-16(7-5-15)22-23(27-18-10-13-20(31-2)21(14-18)32-3)25(30)28(24(22)29)19-11-8-17(26)9-12-19/h4-14,27H,1-3H3. The number of nitrogens with zero attached hydrogens (tertiary/aromatic N) is 1. The molecule has 0 spiro atoms. The molecule has 0 bridgehead atoms. The van der Waals surface area contributed by atoms with E-state index in [9.17, 15) is 9.59 Å². The van der Waals surface area contributed by atoms with E-state index < -0.39 is 11.8 Å². The van der Waals surface area contributed by atoms with E-state index in [1.54, 1.807) is 49.6 Å². The van der Waals surface area contributed by atoms with Crippen molar-refractivity contribution in [1.29, 1.82) is 0 Å². The van der Waals surface area contributed by atoms with Crippen LogP contribution in [0.15, 0.2) is 72.4 Å². The lowest BCUT2D eigenvalue weighted by molar-refractivity contribution is -0.120. The van der Waals surface area contributed by atoms with Crippen LogP contribution in [0.5, 0.6) is 11.5 Å². The maximum Gasteiger partial charge on any atom is 0.282 e. The van der Waals surface area contributed by atoms with Gasteiger partial charge < -0.3 is 14.8 Å². The lowest BCUT2D eigenvalue weighted by Crippen LogP contribution is -2.32. The molecule has 4 rings (SSSR count). The van der Waals surface area contributed by atoms with Crippen LogP contribution in [0.3, 0.4) is 0 Å². The van der Waals surface area contributed by atoms with Gasteiger partial charge in [0.05, 0.1) is 25.5 Å². The molecule has 0 unspecified atom stereocenters. The number of amides is 2. The maximum atomic E-state index is 13.4. The number of imide groups is 1. The van der Waals surface area contributed by atoms with Gasteiger partial charge in [-0.3, -0.25) is 9.59 Å². The minimum Gasteiger partial charge on any atom is -0.493 e. The molecule has 0 saturated carbocycles. The van der Waals surface area contributed by atoms with E-state index in [-0.39, 0.29) is 5.70 Å². The zero-order valence-electron chi connectivity index (χ0n) is 17.8. The third-order valence-electron chi connectivity index (χ3n) is 5.16. The summed E-state index contributed by atoms with van der Waals surface area (Å²) in [7, 11) is 3.08. The molecule has 32 heavy (non-hydrogen) atoms. The largest absolute Gasteiger partial charge is 0.493 e. The number of hydrogen-bond donors (Lipinski definition) is 1. The molecule has 6 nitrogen and oxygen atoms in total. The van der Waals surface area contributed by atoms with Gasteiger partial charge in [0.25, 0.3) is 11.8 Å². The van der Waals surface area contributed by atoms with Crippen LogP contribution in [0.25, 0.3) is 5.57 Å². The molecule has 0 radical (unpaired) electrons. The van der Waals surface area contributed by atoms with Crippen LogP contribution < -0.4 is 19.7 Å². The third-order valence-corrected chi connectivity index (χ3v) is 5.41. The van der Waals surface area contributed by atoms with Crippen molar-refractivity contribution >= 4 is 40.4 Å². The van der Waals surface area contributed by atoms with E-state index in [4.69, 9.17) is 21.1 Å². The summed E-state index contributed by atoms with van der Waals surface area (Å²) in [6.45, 7) is 1.96. The van der Waals surface area contributed by atoms with Crippen LogP contribution in [0.4, 0.5) is 11.4 Å². The van der Waals surface area contributed by atoms with Gasteiger partial charge in [0, 0.05) is 16.8 Å². The van der Waals surface area contributed by atoms with Crippen molar-refractivity contribution in [2.45, 2.75) is 6.92 Å². The van der Waals surface area contributed by atoms with E-state index in [0.29, 0.717) is 39.0 Å². The number of aryl methyl sites for hydroxylation is 1. The second kappa shape index (κ2) is 8.77. The predicted octanol–water partition coefficient (Wildman–Crippen LogP) is 5.06. The van der Waals surface area contributed by atoms with Crippen molar-refractivity contribution in [2.24, 2.45) is 0 Å². The summed E-state index contributed by atoms with van der Waals surface area (Å²) in [4.78, 5) is 28.0. The molecule has 1 aliphatic heterocycles. The van der Waals surface area contributed by atoms with Crippen LogP contribution in [0, 0.1) is 6.92 Å². The van der Waals surface area contributed by atoms with Gasteiger partial charge in [0.15, 0.2) is 11.5 Å². The fourth-order valence-corrected chi connectivity index (χ4v) is 3.64. The fourth-order valence-electron chi connectivity index (χ4n) is 3.52. The first-order valence-corrected chi connectivity index (χ1v) is 10.3. The van der Waals surface area contributed by atoms with Crippen LogP contribution in [0.2, 0.25) is 5.02 Å². The Labute approximate surface area is 191 Å². The maximum absolute atomic E-state index is 13.4. The quantitative estimate of drug-likeness (QED) is 0.534. The Balaban J connectivity index is 1.80. The summed E-state index contributed by atoms with van der Waals surface area (Å²) >= 11 is 5.99. The van der Waals surface area contributed by atoms with Crippen molar-refractivity contribution < 1.29 is 19.1 Å². The SMILES string of the molecule is COc1ccc(NC2=C(c3ccc(C)cc3)C(=O)N(c3ccc(Cl)cc3)C2=O)cc1OC. The van der Waals surface area contributed by atoms with Crippen molar-refractivity contribution in [1.82, 2.24) is 0 Å². The van der Waals surface area contributed by atoms with Crippen molar-refractivity contribution in [3.63, 3.8) is 0 Å². The Hall–Kier alpha value is -3.77. The van der Waals surface area contributed by atoms with Gasteiger partial charge in [-0.05, 0) is 48.9 Å². The van der Waals surface area contributed by atoms with E-state index >= 15 is 0 Å². The molecule has 1 aliphatic rings. The number of nitrogens with one attached hydrogen (secondary N) is 1. The molecule has 7 heteroatoms. The lowest BCUT2D eigenvalue weighted by atomic mass is 10.0. The van der Waals surface area contributed by atoms with Gasteiger partial charge in [-0.2, -0.15) is 0 Å². The monoisotopic (exact) mass is 448 g/mol. The second-order valence-electron chi connectivity index (χ2n) is 7.23. The molecule has 2 amide bonds. The topological polar surface area (TPSA) is 67.9 Å². The number of anilines is 2. The Morgan fingerprint density at radius 1 is 0.812 bits per heavy atom. The minimum absolute atomic E-state index is 0.182. The highest BCUT2D eigenvalue weighted by molar-refractivity contribution is 6.46. The van der Waals surface area contributed by atoms with Crippen LogP contribution in [-0.4, -0.2) is 26.0 Å². The predicted molar refractivity (Wildman–Crippen MR) is 125 cm³/mol. The molecule has 0 atom stereocenters. The fraction of sp³-hybridized carbons (Fsp3) is 0.120. The van der Waals surface area contributed by atoms with Crippen LogP contribution in [0.1, 0.15) is 11.1 Å². The number of benzene rings is 3. The summed E-state index contributed by atoms with van der Waals surface area (Å²) in [6, 6.07) is 19.2. The average molecular weight is 449 g/mol. The van der Waals surface area contributed by atoms with E-state index in [2.05, 4.69) is 5.32 Å². The van der Waals surface area contributed by atoms with E-state index in [0.717, 1.165) is 10.5 Å². The summed E-state index contributed by atoms with van der Waals surface area (Å²) in [6.07, 6.45) is 0. The zero-order chi connectivity index (χ0) is 22.8. The molecule has 162 valence electrons. The van der Waals surface area contributed by atoms with Gasteiger partial charge in [-0.1, -0.05) is 41.4 Å². The molecule has 3 aromatic rings. The number of ether oxygens (including phenoxy) is 2. The van der Waals surface area contributed by atoms with Gasteiger partial charge >= 0.3 is 0 Å². The van der Waals surface area contributed by atoms with Gasteiger partial charge in [0.2, 0.25) is 0 Å². The first-order valence-electron chi connectivity index (χ1n) is 9.87. The first kappa shape index (κ1) is 21.5. The smallest absolute Gasteiger partial charge is 0.282 e. The lowest BCUT2D eigenvalue weighted by Gasteiger charge is -2.16. The summed E-state index contributed by atoms with van der Waals surface area (Å²) in [5.74, 6) is 0.190. The molecule has 1 N–H and O–H groups in total. The molecule has 1 heterocycles. The van der Waals surface area contributed by atoms with E-state index in [1.807, 2.05) is 31.2 Å². The Morgan fingerprint density at radius 2 is 1.47 bits per heavy atom. The third kappa shape index (κ3) is 3.92. The van der Waals surface area contributed by atoms with Gasteiger partial charge in [-0.15, -0.1) is 0 Å². The molecular weight excluding hydrogens is 428 g/mol. The highest BCUT2D eigenvalue weighted by atomic mass is 35.5. The van der Waals surface area contributed by atoms with Crippen LogP contribution in [-0.2, 0) is 9.59 Å². The number of carbonyl (C=O) groups excluding carboxylic acids is 2. The van der Waals surface area contributed by atoms with Crippen molar-refractivity contribution in [3.05, 3.63) is 88.6 Å². The van der Waals surface area contributed by atoms with Gasteiger partial charge in [0.1, 0.15) is 5.70 Å². The number of carbonyl (C=O) groups is 2. The molecule has 0 aliphatic carbocycles. The highest BCUT2D eigenvalue weighted by Gasteiger charge is 2.40. The summed E-state index contributed by atoms with van der Waals surface area (Å²) < 4.78 is 10.6. The Kier molecular flexibility index (Phi) is 5.88. The summed E-state index contributed by atoms with van der Waals surface area (Å²) in [5.41, 5.74) is 3.20. The van der Waals surface area contributed by atoms with Crippen LogP contribution >= 0.6 is 11.6 Å². The Bertz CT molecular complexity index is 1220. The first-order chi connectivity index (χ1) is 15.4. The number of methoxy groups -OCH3 is 2. The minimum atomic E-state index is -0.456. The molecule has 0 saturated heterocycles. The normalized spacial score (nSPS) is 13.6. The van der Waals surface area contributed by atoms with Crippen molar-refractivity contribution in [2.75, 3.05) is 24.4 Å². The zero-order valence-corrected chi connectivity index (χ0v) is 18.6. The molecular formula is C25H21ClN2O4. The summed E-state index contributed by atoms with van der Waals surface area (Å²) in [5, 5.41) is 3.64. The van der Waals surface area contributed by atoms with E-state index in [1.165, 1.54) is 7.11 Å². The second-order valence-corrected chi connectivity index (χ2v) is 7.67. The van der Waals surface area contributed by atoms with Gasteiger partial charge in [-0.25, -0.2) is 4.90 Å². The average Bonchev–Trinajstić information content (AvgIpc) is 3.04.